The molecule has 2 aliphatic heterocycles. The zero-order valence-electron chi connectivity index (χ0n) is 10.1. The van der Waals surface area contributed by atoms with Crippen LogP contribution < -0.4 is 9.47 Å². The third-order valence-electron chi connectivity index (χ3n) is 3.15. The Labute approximate surface area is 115 Å². The van der Waals surface area contributed by atoms with Crippen LogP contribution in [0, 0.1) is 0 Å². The number of carbonyl (C=O) groups is 2. The van der Waals surface area contributed by atoms with E-state index in [1.165, 1.54) is 4.90 Å². The molecular weight excluding hydrogens is 270 g/mol. The number of hydrogen-bond acceptors (Lipinski definition) is 4. The van der Waals surface area contributed by atoms with Crippen LogP contribution in [0.3, 0.4) is 0 Å². The van der Waals surface area contributed by atoms with Gasteiger partial charge in [-0.1, -0.05) is 0 Å². The van der Waals surface area contributed by atoms with E-state index in [0.29, 0.717) is 54.7 Å². The molecule has 0 radical (unpaired) electrons. The van der Waals surface area contributed by atoms with Crippen LogP contribution in [0.1, 0.15) is 27.1 Å². The van der Waals surface area contributed by atoms with Gasteiger partial charge in [-0.2, -0.15) is 0 Å². The van der Waals surface area contributed by atoms with Crippen molar-refractivity contribution >= 4 is 23.4 Å². The number of benzene rings is 1. The van der Waals surface area contributed by atoms with Crippen LogP contribution in [0.25, 0.3) is 0 Å². The summed E-state index contributed by atoms with van der Waals surface area (Å²) in [5.41, 5.74) is 0.757. The topological polar surface area (TPSA) is 55.8 Å². The maximum atomic E-state index is 12.2. The van der Waals surface area contributed by atoms with Gasteiger partial charge in [0.1, 0.15) is 13.2 Å². The van der Waals surface area contributed by atoms with E-state index in [-0.39, 0.29) is 11.8 Å². The van der Waals surface area contributed by atoms with Crippen LogP contribution in [0.4, 0.5) is 0 Å². The number of amides is 2. The molecule has 1 aromatic rings. The second-order valence-electron chi connectivity index (χ2n) is 4.35. The molecule has 0 saturated carbocycles. The lowest BCUT2D eigenvalue weighted by Gasteiger charge is -2.18. The van der Waals surface area contributed by atoms with Crippen molar-refractivity contribution < 1.29 is 19.1 Å². The van der Waals surface area contributed by atoms with Gasteiger partial charge in [0.25, 0.3) is 11.8 Å². The minimum Gasteiger partial charge on any atom is -0.486 e. The Kier molecular flexibility index (Phi) is 3.06. The van der Waals surface area contributed by atoms with E-state index in [1.807, 2.05) is 0 Å². The highest BCUT2D eigenvalue weighted by atomic mass is 35.5. The second-order valence-corrected chi connectivity index (χ2v) is 4.72. The van der Waals surface area contributed by atoms with Crippen molar-refractivity contribution in [2.75, 3.05) is 25.6 Å². The molecule has 100 valence electrons. The van der Waals surface area contributed by atoms with Crippen molar-refractivity contribution in [2.24, 2.45) is 0 Å². The Morgan fingerprint density at radius 3 is 2.05 bits per heavy atom. The van der Waals surface area contributed by atoms with Crippen LogP contribution in [0.2, 0.25) is 0 Å². The van der Waals surface area contributed by atoms with Gasteiger partial charge >= 0.3 is 0 Å². The van der Waals surface area contributed by atoms with E-state index in [2.05, 4.69) is 0 Å². The molecule has 1 aromatic carbocycles. The van der Waals surface area contributed by atoms with E-state index < -0.39 is 0 Å². The highest BCUT2D eigenvalue weighted by Gasteiger charge is 2.37. The molecule has 2 heterocycles. The number of imide groups is 1. The van der Waals surface area contributed by atoms with E-state index >= 15 is 0 Å². The van der Waals surface area contributed by atoms with Gasteiger partial charge in [0, 0.05) is 12.4 Å². The molecule has 0 aliphatic carbocycles. The van der Waals surface area contributed by atoms with Crippen molar-refractivity contribution in [2.45, 2.75) is 6.42 Å². The molecule has 5 nitrogen and oxygen atoms in total. The lowest BCUT2D eigenvalue weighted by molar-refractivity contribution is 0.0654. The Morgan fingerprint density at radius 2 is 1.58 bits per heavy atom. The SMILES string of the molecule is O=C1c2cc3c(cc2C(=O)N1CCCCl)OCCO3. The first kappa shape index (κ1) is 12.3. The average molecular weight is 282 g/mol. The maximum Gasteiger partial charge on any atom is 0.261 e. The molecule has 0 atom stereocenters. The minimum atomic E-state index is -0.290. The lowest BCUT2D eigenvalue weighted by Crippen LogP contribution is -2.30. The summed E-state index contributed by atoms with van der Waals surface area (Å²) in [6.45, 7) is 1.23. The highest BCUT2D eigenvalue weighted by molar-refractivity contribution is 6.22. The first-order chi connectivity index (χ1) is 9.22. The Morgan fingerprint density at radius 1 is 1.05 bits per heavy atom. The molecule has 0 saturated heterocycles. The zero-order chi connectivity index (χ0) is 13.4. The molecule has 3 rings (SSSR count). The molecular formula is C13H12ClNO4. The van der Waals surface area contributed by atoms with Crippen molar-refractivity contribution in [1.29, 1.82) is 0 Å². The Hall–Kier alpha value is -1.75. The predicted molar refractivity (Wildman–Crippen MR) is 68.1 cm³/mol. The van der Waals surface area contributed by atoms with Gasteiger partial charge in [-0.05, 0) is 18.6 Å². The second kappa shape index (κ2) is 4.74. The van der Waals surface area contributed by atoms with Gasteiger partial charge in [0.15, 0.2) is 11.5 Å². The first-order valence-corrected chi connectivity index (χ1v) is 6.61. The minimum absolute atomic E-state index is 0.290. The monoisotopic (exact) mass is 281 g/mol. The summed E-state index contributed by atoms with van der Waals surface area (Å²) in [5.74, 6) is 0.871. The number of halogens is 1. The van der Waals surface area contributed by atoms with Crippen molar-refractivity contribution in [3.63, 3.8) is 0 Å². The van der Waals surface area contributed by atoms with Gasteiger partial charge in [-0.3, -0.25) is 14.5 Å². The van der Waals surface area contributed by atoms with Gasteiger partial charge in [0.2, 0.25) is 0 Å². The fraction of sp³-hybridized carbons (Fsp3) is 0.385. The molecule has 0 N–H and O–H groups in total. The summed E-state index contributed by atoms with van der Waals surface area (Å²) in [6.07, 6.45) is 0.583. The molecule has 0 spiro atoms. The van der Waals surface area contributed by atoms with Crippen molar-refractivity contribution in [1.82, 2.24) is 4.90 Å². The van der Waals surface area contributed by atoms with E-state index in [1.54, 1.807) is 12.1 Å². The summed E-state index contributed by atoms with van der Waals surface area (Å²) in [4.78, 5) is 25.5. The molecule has 2 amide bonds. The highest BCUT2D eigenvalue weighted by Crippen LogP contribution is 2.36. The van der Waals surface area contributed by atoms with Gasteiger partial charge in [0.05, 0.1) is 11.1 Å². The van der Waals surface area contributed by atoms with Crippen molar-refractivity contribution in [3.05, 3.63) is 23.3 Å². The van der Waals surface area contributed by atoms with E-state index in [9.17, 15) is 9.59 Å². The first-order valence-electron chi connectivity index (χ1n) is 6.08. The summed E-state index contributed by atoms with van der Waals surface area (Å²) in [6, 6.07) is 3.18. The fourth-order valence-electron chi connectivity index (χ4n) is 2.25. The Bertz CT molecular complexity index is 513. The summed E-state index contributed by atoms with van der Waals surface area (Å²) in [5, 5.41) is 0. The molecule has 19 heavy (non-hydrogen) atoms. The molecule has 0 fully saturated rings. The number of alkyl halides is 1. The zero-order valence-corrected chi connectivity index (χ0v) is 10.9. The number of ether oxygens (including phenoxy) is 2. The predicted octanol–water partition coefficient (Wildman–Crippen LogP) is 1.68. The maximum absolute atomic E-state index is 12.2. The summed E-state index contributed by atoms with van der Waals surface area (Å²) < 4.78 is 10.8. The smallest absolute Gasteiger partial charge is 0.261 e. The van der Waals surface area contributed by atoms with Crippen LogP contribution >= 0.6 is 11.6 Å². The van der Waals surface area contributed by atoms with Gasteiger partial charge in [-0.25, -0.2) is 0 Å². The summed E-state index contributed by atoms with van der Waals surface area (Å²) in [7, 11) is 0. The molecule has 2 aliphatic rings. The van der Waals surface area contributed by atoms with Crippen LogP contribution in [0.15, 0.2) is 12.1 Å². The number of fused-ring (bicyclic) bond motifs is 2. The third kappa shape index (κ3) is 1.94. The van der Waals surface area contributed by atoms with Gasteiger partial charge in [-0.15, -0.1) is 11.6 Å². The average Bonchev–Trinajstić information content (AvgIpc) is 2.67. The Balaban J connectivity index is 1.98. The van der Waals surface area contributed by atoms with Crippen molar-refractivity contribution in [3.8, 4) is 11.5 Å². The quantitative estimate of drug-likeness (QED) is 0.625. The van der Waals surface area contributed by atoms with Crippen LogP contribution in [0.5, 0.6) is 11.5 Å². The van der Waals surface area contributed by atoms with Crippen LogP contribution in [-0.4, -0.2) is 42.4 Å². The number of hydrogen-bond donors (Lipinski definition) is 0. The fourth-order valence-corrected chi connectivity index (χ4v) is 2.37. The number of rotatable bonds is 3. The summed E-state index contributed by atoms with van der Waals surface area (Å²) >= 11 is 5.60. The van der Waals surface area contributed by atoms with Crippen LogP contribution in [-0.2, 0) is 0 Å². The molecule has 6 heteroatoms. The number of carbonyl (C=O) groups excluding carboxylic acids is 2. The lowest BCUT2D eigenvalue weighted by atomic mass is 10.1. The third-order valence-corrected chi connectivity index (χ3v) is 3.42. The normalized spacial score (nSPS) is 16.8. The molecule has 0 bridgehead atoms. The van der Waals surface area contributed by atoms with Gasteiger partial charge < -0.3 is 9.47 Å². The van der Waals surface area contributed by atoms with E-state index in [4.69, 9.17) is 21.1 Å². The standard InChI is InChI=1S/C13H12ClNO4/c14-2-1-3-15-12(16)8-6-10-11(19-5-4-18-10)7-9(8)13(15)17/h6-7H,1-5H2. The molecule has 0 unspecified atom stereocenters. The van der Waals surface area contributed by atoms with E-state index in [0.717, 1.165) is 0 Å². The molecule has 0 aromatic heterocycles. The largest absolute Gasteiger partial charge is 0.486 e. The number of nitrogens with zero attached hydrogens (tertiary/aromatic N) is 1.